The molecule has 0 unspecified atom stereocenters. The Bertz CT molecular complexity index is 540. The predicted molar refractivity (Wildman–Crippen MR) is 64.0 cm³/mol. The number of H-pyrrole nitrogens is 1. The molecule has 1 aliphatic carbocycles. The molecule has 4 heteroatoms. The van der Waals surface area contributed by atoms with Crippen molar-refractivity contribution in [1.82, 2.24) is 9.97 Å². The van der Waals surface area contributed by atoms with Crippen LogP contribution >= 0.6 is 11.3 Å². The molecule has 0 spiro atoms. The van der Waals surface area contributed by atoms with E-state index in [1.54, 1.807) is 17.4 Å². The summed E-state index contributed by atoms with van der Waals surface area (Å²) < 4.78 is 0. The first-order chi connectivity index (χ1) is 7.81. The zero-order valence-electron chi connectivity index (χ0n) is 8.77. The third-order valence-electron chi connectivity index (χ3n) is 2.73. The molecular formula is C12H12N2OS. The van der Waals surface area contributed by atoms with Gasteiger partial charge in [-0.3, -0.25) is 4.79 Å². The molecule has 1 fully saturated rings. The van der Waals surface area contributed by atoms with E-state index in [9.17, 15) is 4.79 Å². The smallest absolute Gasteiger partial charge is 0.251 e. The second-order valence-corrected chi connectivity index (χ2v) is 5.18. The zero-order valence-corrected chi connectivity index (χ0v) is 9.59. The van der Waals surface area contributed by atoms with Gasteiger partial charge < -0.3 is 4.98 Å². The van der Waals surface area contributed by atoms with E-state index in [4.69, 9.17) is 0 Å². The minimum Gasteiger partial charge on any atom is -0.310 e. The minimum absolute atomic E-state index is 0.0246. The van der Waals surface area contributed by atoms with Crippen molar-refractivity contribution in [3.05, 3.63) is 50.3 Å². The molecule has 0 amide bonds. The van der Waals surface area contributed by atoms with Gasteiger partial charge in [0, 0.05) is 23.3 Å². The fourth-order valence-electron chi connectivity index (χ4n) is 1.78. The molecule has 3 nitrogen and oxygen atoms in total. The molecule has 3 rings (SSSR count). The van der Waals surface area contributed by atoms with Crippen molar-refractivity contribution < 1.29 is 0 Å². The summed E-state index contributed by atoms with van der Waals surface area (Å²) >= 11 is 1.69. The summed E-state index contributed by atoms with van der Waals surface area (Å²) in [5, 5.41) is 2.04. The van der Waals surface area contributed by atoms with Gasteiger partial charge in [-0.25, -0.2) is 4.98 Å². The van der Waals surface area contributed by atoms with E-state index in [1.807, 2.05) is 11.4 Å². The van der Waals surface area contributed by atoms with Crippen LogP contribution in [-0.2, 0) is 6.42 Å². The molecule has 1 N–H and O–H groups in total. The number of hydrogen-bond acceptors (Lipinski definition) is 3. The maximum absolute atomic E-state index is 11.5. The number of hydrogen-bond donors (Lipinski definition) is 1. The van der Waals surface area contributed by atoms with E-state index >= 15 is 0 Å². The Hall–Kier alpha value is -1.42. The molecule has 16 heavy (non-hydrogen) atoms. The van der Waals surface area contributed by atoms with E-state index in [2.05, 4.69) is 16.0 Å². The molecule has 0 radical (unpaired) electrons. The van der Waals surface area contributed by atoms with E-state index in [0.29, 0.717) is 5.92 Å². The Balaban J connectivity index is 1.91. The normalized spacial score (nSPS) is 15.2. The molecule has 1 aliphatic rings. The van der Waals surface area contributed by atoms with Crippen LogP contribution in [0, 0.1) is 0 Å². The molecule has 0 saturated heterocycles. The maximum Gasteiger partial charge on any atom is 0.251 e. The number of aromatic amines is 1. The highest BCUT2D eigenvalue weighted by atomic mass is 32.1. The van der Waals surface area contributed by atoms with Crippen molar-refractivity contribution in [3.63, 3.8) is 0 Å². The number of nitrogens with zero attached hydrogens (tertiary/aromatic N) is 1. The fourth-order valence-corrected chi connectivity index (χ4v) is 2.49. The van der Waals surface area contributed by atoms with E-state index in [0.717, 1.165) is 17.9 Å². The Morgan fingerprint density at radius 1 is 1.50 bits per heavy atom. The van der Waals surface area contributed by atoms with Gasteiger partial charge in [0.1, 0.15) is 5.82 Å². The molecule has 2 aromatic heterocycles. The first kappa shape index (κ1) is 9.78. The lowest BCUT2D eigenvalue weighted by Crippen LogP contribution is -2.12. The van der Waals surface area contributed by atoms with Crippen LogP contribution in [0.4, 0.5) is 0 Å². The van der Waals surface area contributed by atoms with Crippen molar-refractivity contribution in [1.29, 1.82) is 0 Å². The van der Waals surface area contributed by atoms with Crippen LogP contribution in [0.3, 0.4) is 0 Å². The SMILES string of the molecule is O=c1cc(C2CC2)nc(Cc2cccs2)[nH]1. The van der Waals surface area contributed by atoms with Crippen molar-refractivity contribution in [2.75, 3.05) is 0 Å². The largest absolute Gasteiger partial charge is 0.310 e. The number of aromatic nitrogens is 2. The lowest BCUT2D eigenvalue weighted by molar-refractivity contribution is 0.888. The van der Waals surface area contributed by atoms with Crippen LogP contribution in [0.2, 0.25) is 0 Å². The summed E-state index contributed by atoms with van der Waals surface area (Å²) in [5.74, 6) is 1.32. The minimum atomic E-state index is -0.0246. The maximum atomic E-state index is 11.5. The molecule has 2 heterocycles. The van der Waals surface area contributed by atoms with Crippen LogP contribution < -0.4 is 5.56 Å². The number of rotatable bonds is 3. The van der Waals surface area contributed by atoms with Gasteiger partial charge in [-0.05, 0) is 24.3 Å². The molecule has 0 aromatic carbocycles. The molecule has 82 valence electrons. The summed E-state index contributed by atoms with van der Waals surface area (Å²) in [5.41, 5.74) is 0.943. The Morgan fingerprint density at radius 2 is 2.38 bits per heavy atom. The van der Waals surface area contributed by atoms with E-state index in [-0.39, 0.29) is 5.56 Å². The van der Waals surface area contributed by atoms with Gasteiger partial charge >= 0.3 is 0 Å². The average molecular weight is 232 g/mol. The molecule has 1 saturated carbocycles. The monoisotopic (exact) mass is 232 g/mol. The first-order valence-corrected chi connectivity index (χ1v) is 6.32. The summed E-state index contributed by atoms with van der Waals surface area (Å²) in [7, 11) is 0. The topological polar surface area (TPSA) is 45.8 Å². The van der Waals surface area contributed by atoms with Gasteiger partial charge in [0.25, 0.3) is 5.56 Å². The summed E-state index contributed by atoms with van der Waals surface area (Å²) in [6.07, 6.45) is 3.08. The Kier molecular flexibility index (Phi) is 2.36. The van der Waals surface area contributed by atoms with Crippen LogP contribution in [0.25, 0.3) is 0 Å². The van der Waals surface area contributed by atoms with E-state index in [1.165, 1.54) is 17.7 Å². The standard InChI is InChI=1S/C12H12N2OS/c15-12-7-10(8-3-4-8)13-11(14-12)6-9-2-1-5-16-9/h1-2,5,7-8H,3-4,6H2,(H,13,14,15). The van der Waals surface area contributed by atoms with Crippen molar-refractivity contribution in [2.24, 2.45) is 0 Å². The van der Waals surface area contributed by atoms with Crippen LogP contribution in [0.5, 0.6) is 0 Å². The van der Waals surface area contributed by atoms with Crippen LogP contribution in [0.15, 0.2) is 28.4 Å². The van der Waals surface area contributed by atoms with Gasteiger partial charge in [0.15, 0.2) is 0 Å². The van der Waals surface area contributed by atoms with Gasteiger partial charge in [-0.1, -0.05) is 6.07 Å². The van der Waals surface area contributed by atoms with E-state index < -0.39 is 0 Å². The van der Waals surface area contributed by atoms with Crippen LogP contribution in [0.1, 0.15) is 35.2 Å². The van der Waals surface area contributed by atoms with Crippen molar-refractivity contribution >= 4 is 11.3 Å². The Morgan fingerprint density at radius 3 is 3.06 bits per heavy atom. The number of nitrogens with one attached hydrogen (secondary N) is 1. The lowest BCUT2D eigenvalue weighted by atomic mass is 10.2. The quantitative estimate of drug-likeness (QED) is 0.882. The second kappa shape index (κ2) is 3.87. The predicted octanol–water partition coefficient (Wildman–Crippen LogP) is 2.30. The van der Waals surface area contributed by atoms with Crippen LogP contribution in [-0.4, -0.2) is 9.97 Å². The second-order valence-electron chi connectivity index (χ2n) is 4.15. The fraction of sp³-hybridized carbons (Fsp3) is 0.333. The molecule has 2 aromatic rings. The Labute approximate surface area is 97.2 Å². The molecule has 0 aliphatic heterocycles. The van der Waals surface area contributed by atoms with Gasteiger partial charge in [-0.15, -0.1) is 11.3 Å². The van der Waals surface area contributed by atoms with Crippen molar-refractivity contribution in [2.45, 2.75) is 25.2 Å². The lowest BCUT2D eigenvalue weighted by Gasteiger charge is -2.01. The van der Waals surface area contributed by atoms with Gasteiger partial charge in [0.2, 0.25) is 0 Å². The highest BCUT2D eigenvalue weighted by molar-refractivity contribution is 7.09. The van der Waals surface area contributed by atoms with Crippen molar-refractivity contribution in [3.8, 4) is 0 Å². The zero-order chi connectivity index (χ0) is 11.0. The summed E-state index contributed by atoms with van der Waals surface area (Å²) in [6, 6.07) is 5.72. The molecule has 0 atom stereocenters. The first-order valence-electron chi connectivity index (χ1n) is 5.44. The number of thiophene rings is 1. The van der Waals surface area contributed by atoms with Gasteiger partial charge in [-0.2, -0.15) is 0 Å². The average Bonchev–Trinajstić information content (AvgIpc) is 2.98. The highest BCUT2D eigenvalue weighted by Gasteiger charge is 2.25. The van der Waals surface area contributed by atoms with Gasteiger partial charge in [0.05, 0.1) is 5.69 Å². The third kappa shape index (κ3) is 2.07. The summed E-state index contributed by atoms with van der Waals surface area (Å²) in [6.45, 7) is 0. The molecule has 0 bridgehead atoms. The molecular weight excluding hydrogens is 220 g/mol. The summed E-state index contributed by atoms with van der Waals surface area (Å²) in [4.78, 5) is 20.0. The third-order valence-corrected chi connectivity index (χ3v) is 3.60. The highest BCUT2D eigenvalue weighted by Crippen LogP contribution is 2.38.